The van der Waals surface area contributed by atoms with E-state index in [1.807, 2.05) is 37.3 Å². The maximum absolute atomic E-state index is 8.79. The van der Waals surface area contributed by atoms with E-state index in [-0.39, 0.29) is 12.5 Å². The maximum Gasteiger partial charge on any atom is 0.0497 e. The molecule has 0 radical (unpaired) electrons. The molecule has 0 saturated carbocycles. The van der Waals surface area contributed by atoms with Gasteiger partial charge in [-0.05, 0) is 12.0 Å². The lowest BCUT2D eigenvalue weighted by molar-refractivity contribution is 0.273. The highest BCUT2D eigenvalue weighted by atomic mass is 35.5. The van der Waals surface area contributed by atoms with Crippen LogP contribution in [-0.4, -0.2) is 17.6 Å². The normalized spacial score (nSPS) is 11.5. The Labute approximate surface area is 104 Å². The van der Waals surface area contributed by atoms with Crippen molar-refractivity contribution in [3.63, 3.8) is 0 Å². The topological polar surface area (TPSA) is 20.2 Å². The van der Waals surface area contributed by atoms with Gasteiger partial charge in [0.15, 0.2) is 0 Å². The van der Waals surface area contributed by atoms with Crippen LogP contribution < -0.4 is 0 Å². The number of halogens is 1. The second-order valence-corrected chi connectivity index (χ2v) is 4.27. The Kier molecular flexibility index (Phi) is 10.6. The predicted molar refractivity (Wildman–Crippen MR) is 72.2 cm³/mol. The van der Waals surface area contributed by atoms with Crippen molar-refractivity contribution < 1.29 is 5.11 Å². The van der Waals surface area contributed by atoms with Crippen LogP contribution in [0.1, 0.15) is 44.6 Å². The number of benzene rings is 1. The van der Waals surface area contributed by atoms with E-state index in [0.29, 0.717) is 0 Å². The van der Waals surface area contributed by atoms with Gasteiger partial charge in [0.2, 0.25) is 0 Å². The van der Waals surface area contributed by atoms with Gasteiger partial charge in [-0.25, -0.2) is 0 Å². The van der Waals surface area contributed by atoms with Gasteiger partial charge in [-0.2, -0.15) is 0 Å². The minimum Gasteiger partial charge on any atom is -0.396 e. The van der Waals surface area contributed by atoms with Crippen molar-refractivity contribution in [3.05, 3.63) is 35.9 Å². The van der Waals surface area contributed by atoms with Gasteiger partial charge in [0, 0.05) is 18.4 Å². The fourth-order valence-corrected chi connectivity index (χ4v) is 1.42. The summed E-state index contributed by atoms with van der Waals surface area (Å²) in [6.07, 6.45) is 3.73. The first-order valence-electron chi connectivity index (χ1n) is 5.98. The monoisotopic (exact) mass is 242 g/mol. The molecule has 0 amide bonds. The van der Waals surface area contributed by atoms with Crippen molar-refractivity contribution in [3.8, 4) is 0 Å². The Morgan fingerprint density at radius 1 is 1.19 bits per heavy atom. The van der Waals surface area contributed by atoms with Gasteiger partial charge in [0.1, 0.15) is 0 Å². The number of hydrogen-bond donors (Lipinski definition) is 1. The molecule has 16 heavy (non-hydrogen) atoms. The third kappa shape index (κ3) is 7.72. The fraction of sp³-hybridized carbons (Fsp3) is 0.571. The zero-order valence-electron chi connectivity index (χ0n) is 10.3. The van der Waals surface area contributed by atoms with E-state index in [0.717, 1.165) is 5.88 Å². The SMILES string of the molecule is CC(CO)c1ccccc1.CCCCCCl. The van der Waals surface area contributed by atoms with Crippen LogP contribution in [0.4, 0.5) is 0 Å². The third-order valence-corrected chi connectivity index (χ3v) is 2.65. The van der Waals surface area contributed by atoms with E-state index in [1.54, 1.807) is 0 Å². The van der Waals surface area contributed by atoms with E-state index in [1.165, 1.54) is 24.8 Å². The summed E-state index contributed by atoms with van der Waals surface area (Å²) in [5.41, 5.74) is 1.20. The van der Waals surface area contributed by atoms with Crippen molar-refractivity contribution in [2.45, 2.75) is 39.0 Å². The lowest BCUT2D eigenvalue weighted by atomic mass is 10.0. The van der Waals surface area contributed by atoms with E-state index in [4.69, 9.17) is 16.7 Å². The minimum absolute atomic E-state index is 0.226. The molecule has 1 atom stereocenters. The summed E-state index contributed by atoms with van der Waals surface area (Å²) in [5, 5.41) is 8.79. The van der Waals surface area contributed by atoms with Gasteiger partial charge in [-0.1, -0.05) is 57.0 Å². The van der Waals surface area contributed by atoms with Crippen molar-refractivity contribution in [2.24, 2.45) is 0 Å². The van der Waals surface area contributed by atoms with E-state index >= 15 is 0 Å². The van der Waals surface area contributed by atoms with Crippen LogP contribution in [0, 0.1) is 0 Å². The molecule has 2 heteroatoms. The molecule has 1 aromatic rings. The quantitative estimate of drug-likeness (QED) is 0.606. The minimum atomic E-state index is 0.226. The Hall–Kier alpha value is -0.530. The maximum atomic E-state index is 8.79. The summed E-state index contributed by atoms with van der Waals surface area (Å²) in [6, 6.07) is 10.0. The molecule has 1 rings (SSSR count). The number of hydrogen-bond acceptors (Lipinski definition) is 1. The zero-order chi connectivity index (χ0) is 12.2. The Balaban J connectivity index is 0.000000325. The van der Waals surface area contributed by atoms with Crippen LogP contribution in [0.15, 0.2) is 30.3 Å². The van der Waals surface area contributed by atoms with Crippen LogP contribution in [0.25, 0.3) is 0 Å². The molecule has 0 fully saturated rings. The van der Waals surface area contributed by atoms with Crippen LogP contribution in [0.3, 0.4) is 0 Å². The number of aliphatic hydroxyl groups excluding tert-OH is 1. The molecule has 92 valence electrons. The van der Waals surface area contributed by atoms with Crippen LogP contribution >= 0.6 is 11.6 Å². The number of aliphatic hydroxyl groups is 1. The Morgan fingerprint density at radius 3 is 2.19 bits per heavy atom. The second kappa shape index (κ2) is 11.0. The van der Waals surface area contributed by atoms with Gasteiger partial charge in [0.05, 0.1) is 0 Å². The number of alkyl halides is 1. The molecule has 1 aromatic carbocycles. The average Bonchev–Trinajstić information content (AvgIpc) is 2.37. The van der Waals surface area contributed by atoms with Gasteiger partial charge in [0.25, 0.3) is 0 Å². The van der Waals surface area contributed by atoms with E-state index in [9.17, 15) is 0 Å². The number of unbranched alkanes of at least 4 members (excludes halogenated alkanes) is 2. The van der Waals surface area contributed by atoms with Gasteiger partial charge < -0.3 is 5.11 Å². The number of rotatable bonds is 5. The first-order chi connectivity index (χ1) is 7.76. The van der Waals surface area contributed by atoms with Crippen molar-refractivity contribution in [2.75, 3.05) is 12.5 Å². The fourth-order valence-electron chi connectivity index (χ4n) is 1.23. The molecule has 1 unspecified atom stereocenters. The smallest absolute Gasteiger partial charge is 0.0497 e. The average molecular weight is 243 g/mol. The van der Waals surface area contributed by atoms with Crippen LogP contribution in [0.2, 0.25) is 0 Å². The molecular formula is C14H23ClO. The molecular weight excluding hydrogens is 220 g/mol. The Bertz CT molecular complexity index is 232. The zero-order valence-corrected chi connectivity index (χ0v) is 11.1. The van der Waals surface area contributed by atoms with E-state index < -0.39 is 0 Å². The van der Waals surface area contributed by atoms with Crippen LogP contribution in [0.5, 0.6) is 0 Å². The molecule has 0 aromatic heterocycles. The summed E-state index contributed by atoms with van der Waals surface area (Å²) in [6.45, 7) is 4.41. The lowest BCUT2D eigenvalue weighted by Gasteiger charge is -2.05. The molecule has 0 aliphatic carbocycles. The second-order valence-electron chi connectivity index (χ2n) is 3.89. The molecule has 0 bridgehead atoms. The van der Waals surface area contributed by atoms with Gasteiger partial charge >= 0.3 is 0 Å². The van der Waals surface area contributed by atoms with Crippen molar-refractivity contribution >= 4 is 11.6 Å². The highest BCUT2D eigenvalue weighted by Gasteiger charge is 2.00. The van der Waals surface area contributed by atoms with Crippen LogP contribution in [-0.2, 0) is 0 Å². The first kappa shape index (κ1) is 15.5. The summed E-state index contributed by atoms with van der Waals surface area (Å²) in [4.78, 5) is 0. The summed E-state index contributed by atoms with van der Waals surface area (Å²) in [5.74, 6) is 1.09. The molecule has 1 nitrogen and oxygen atoms in total. The lowest BCUT2D eigenvalue weighted by Crippen LogP contribution is -1.97. The highest BCUT2D eigenvalue weighted by molar-refractivity contribution is 6.17. The molecule has 0 saturated heterocycles. The Morgan fingerprint density at radius 2 is 1.81 bits per heavy atom. The summed E-state index contributed by atoms with van der Waals surface area (Å²) in [7, 11) is 0. The van der Waals surface area contributed by atoms with E-state index in [2.05, 4.69) is 6.92 Å². The van der Waals surface area contributed by atoms with Gasteiger partial charge in [-0.15, -0.1) is 11.6 Å². The summed E-state index contributed by atoms with van der Waals surface area (Å²) < 4.78 is 0. The molecule has 0 aliphatic rings. The molecule has 0 spiro atoms. The van der Waals surface area contributed by atoms with Gasteiger partial charge in [-0.3, -0.25) is 0 Å². The highest BCUT2D eigenvalue weighted by Crippen LogP contribution is 2.12. The largest absolute Gasteiger partial charge is 0.396 e. The third-order valence-electron chi connectivity index (χ3n) is 2.38. The standard InChI is InChI=1S/C9H12O.C5H11Cl/c1-8(7-10)9-5-3-2-4-6-9;1-2-3-4-5-6/h2-6,8,10H,7H2,1H3;2-5H2,1H3. The summed E-state index contributed by atoms with van der Waals surface area (Å²) >= 11 is 5.38. The first-order valence-corrected chi connectivity index (χ1v) is 6.51. The van der Waals surface area contributed by atoms with Crippen molar-refractivity contribution in [1.82, 2.24) is 0 Å². The van der Waals surface area contributed by atoms with Crippen molar-refractivity contribution in [1.29, 1.82) is 0 Å². The predicted octanol–water partition coefficient (Wildman–Crippen LogP) is 4.20. The molecule has 0 aliphatic heterocycles. The molecule has 0 heterocycles. The molecule has 1 N–H and O–H groups in total.